The van der Waals surface area contributed by atoms with Gasteiger partial charge in [-0.15, -0.1) is 10.2 Å². The highest BCUT2D eigenvalue weighted by atomic mass is 16.5. The minimum atomic E-state index is -0.125. The van der Waals surface area contributed by atoms with Crippen LogP contribution in [0.15, 0.2) is 24.3 Å². The lowest BCUT2D eigenvalue weighted by Gasteiger charge is -2.25. The topological polar surface area (TPSA) is 78.3 Å². The van der Waals surface area contributed by atoms with Crippen molar-refractivity contribution in [3.8, 4) is 11.5 Å². The Hall–Kier alpha value is -2.83. The fourth-order valence-electron chi connectivity index (χ4n) is 3.26. The maximum Gasteiger partial charge on any atom is 0.244 e. The number of ether oxygens (including phenoxy) is 2. The van der Waals surface area contributed by atoms with Gasteiger partial charge in [0.05, 0.1) is 14.2 Å². The first-order chi connectivity index (χ1) is 13.0. The van der Waals surface area contributed by atoms with E-state index < -0.39 is 0 Å². The monoisotopic (exact) mass is 370 g/mol. The summed E-state index contributed by atoms with van der Waals surface area (Å²) in [4.78, 5) is 12.4. The van der Waals surface area contributed by atoms with Crippen LogP contribution < -0.4 is 14.8 Å². The number of methoxy groups -OCH3 is 2. The molecule has 0 saturated heterocycles. The molecule has 7 heteroatoms. The van der Waals surface area contributed by atoms with E-state index in [2.05, 4.69) is 33.9 Å². The van der Waals surface area contributed by atoms with E-state index in [-0.39, 0.29) is 11.9 Å². The first-order valence-electron chi connectivity index (χ1n) is 9.14. The van der Waals surface area contributed by atoms with Crippen molar-refractivity contribution >= 4 is 12.0 Å². The van der Waals surface area contributed by atoms with Gasteiger partial charge in [0.15, 0.2) is 0 Å². The summed E-state index contributed by atoms with van der Waals surface area (Å²) in [5.41, 5.74) is 0.820. The smallest absolute Gasteiger partial charge is 0.244 e. The molecule has 144 valence electrons. The normalized spacial score (nSPS) is 16.4. The van der Waals surface area contributed by atoms with E-state index in [9.17, 15) is 4.79 Å². The van der Waals surface area contributed by atoms with Gasteiger partial charge < -0.3 is 19.4 Å². The molecule has 0 fully saturated rings. The van der Waals surface area contributed by atoms with Gasteiger partial charge in [0, 0.05) is 42.6 Å². The fourth-order valence-corrected chi connectivity index (χ4v) is 3.26. The lowest BCUT2D eigenvalue weighted by Crippen LogP contribution is -2.40. The molecular formula is C20H26N4O3. The minimum Gasteiger partial charge on any atom is -0.497 e. The molecule has 1 atom stereocenters. The predicted molar refractivity (Wildman–Crippen MR) is 103 cm³/mol. The summed E-state index contributed by atoms with van der Waals surface area (Å²) in [6, 6.07) is 5.56. The van der Waals surface area contributed by atoms with Crippen molar-refractivity contribution in [3.63, 3.8) is 0 Å². The molecule has 1 amide bonds. The van der Waals surface area contributed by atoms with E-state index in [0.717, 1.165) is 30.1 Å². The Bertz CT molecular complexity index is 842. The second kappa shape index (κ2) is 8.24. The largest absolute Gasteiger partial charge is 0.497 e. The number of rotatable bonds is 6. The lowest BCUT2D eigenvalue weighted by atomic mass is 10.1. The van der Waals surface area contributed by atoms with Crippen LogP contribution in [0.4, 0.5) is 0 Å². The van der Waals surface area contributed by atoms with Crippen LogP contribution in [0.25, 0.3) is 6.08 Å². The summed E-state index contributed by atoms with van der Waals surface area (Å²) in [7, 11) is 3.20. The number of fused-ring (bicyclic) bond motifs is 1. The molecule has 1 aliphatic rings. The maximum atomic E-state index is 12.4. The highest BCUT2D eigenvalue weighted by Crippen LogP contribution is 2.25. The van der Waals surface area contributed by atoms with Gasteiger partial charge in [-0.2, -0.15) is 0 Å². The van der Waals surface area contributed by atoms with E-state index in [4.69, 9.17) is 9.47 Å². The minimum absolute atomic E-state index is 0.0703. The van der Waals surface area contributed by atoms with Crippen molar-refractivity contribution in [2.75, 3.05) is 14.2 Å². The van der Waals surface area contributed by atoms with Crippen molar-refractivity contribution < 1.29 is 14.3 Å². The molecule has 3 rings (SSSR count). The van der Waals surface area contributed by atoms with Gasteiger partial charge in [0.1, 0.15) is 23.1 Å². The summed E-state index contributed by atoms with van der Waals surface area (Å²) >= 11 is 0. The summed E-state index contributed by atoms with van der Waals surface area (Å²) in [6.07, 6.45) is 4.97. The molecule has 1 N–H and O–H groups in total. The number of carbonyl (C=O) groups is 1. The van der Waals surface area contributed by atoms with E-state index in [1.165, 1.54) is 6.08 Å². The third kappa shape index (κ3) is 4.30. The van der Waals surface area contributed by atoms with Crippen molar-refractivity contribution in [2.24, 2.45) is 0 Å². The number of aromatic nitrogens is 3. The Morgan fingerprint density at radius 2 is 2.11 bits per heavy atom. The van der Waals surface area contributed by atoms with E-state index >= 15 is 0 Å². The molecule has 1 aromatic carbocycles. The van der Waals surface area contributed by atoms with Gasteiger partial charge in [-0.1, -0.05) is 13.8 Å². The molecular weight excluding hydrogens is 344 g/mol. The zero-order valence-corrected chi connectivity index (χ0v) is 16.2. The number of aryl methyl sites for hydroxylation is 1. The van der Waals surface area contributed by atoms with E-state index in [1.807, 2.05) is 12.1 Å². The number of carbonyl (C=O) groups excluding carboxylic acids is 1. The first kappa shape index (κ1) is 18.9. The zero-order chi connectivity index (χ0) is 19.4. The van der Waals surface area contributed by atoms with Crippen LogP contribution >= 0.6 is 0 Å². The van der Waals surface area contributed by atoms with Crippen LogP contribution in [0.2, 0.25) is 0 Å². The van der Waals surface area contributed by atoms with Crippen molar-refractivity contribution in [3.05, 3.63) is 41.5 Å². The second-order valence-corrected chi connectivity index (χ2v) is 6.93. The second-order valence-electron chi connectivity index (χ2n) is 6.93. The van der Waals surface area contributed by atoms with Gasteiger partial charge in [0.25, 0.3) is 0 Å². The average Bonchev–Trinajstić information content (AvgIpc) is 3.09. The van der Waals surface area contributed by atoms with Crippen LogP contribution in [0.3, 0.4) is 0 Å². The number of benzene rings is 1. The lowest BCUT2D eigenvalue weighted by molar-refractivity contribution is -0.117. The van der Waals surface area contributed by atoms with E-state index in [1.54, 1.807) is 26.4 Å². The molecule has 7 nitrogen and oxygen atoms in total. The molecule has 0 radical (unpaired) electrons. The zero-order valence-electron chi connectivity index (χ0n) is 16.2. The highest BCUT2D eigenvalue weighted by molar-refractivity contribution is 5.92. The quantitative estimate of drug-likeness (QED) is 0.791. The predicted octanol–water partition coefficient (Wildman–Crippen LogP) is 2.56. The van der Waals surface area contributed by atoms with Gasteiger partial charge in [0.2, 0.25) is 5.91 Å². The number of nitrogens with one attached hydrogen (secondary N) is 1. The Balaban J connectivity index is 1.64. The SMILES string of the molecule is COc1ccc(/C=C/C(=O)N[C@H]2CCc3nnc(C(C)C)n3C2)c(OC)c1. The van der Waals surface area contributed by atoms with Crippen molar-refractivity contribution in [1.82, 2.24) is 20.1 Å². The summed E-state index contributed by atoms with van der Waals surface area (Å²) in [5.74, 6) is 3.53. The summed E-state index contributed by atoms with van der Waals surface area (Å²) < 4.78 is 12.7. The molecule has 0 unspecified atom stereocenters. The van der Waals surface area contributed by atoms with Crippen LogP contribution in [0.1, 0.15) is 43.4 Å². The van der Waals surface area contributed by atoms with Gasteiger partial charge >= 0.3 is 0 Å². The van der Waals surface area contributed by atoms with Crippen LogP contribution in [-0.2, 0) is 17.8 Å². The number of nitrogens with zero attached hydrogens (tertiary/aromatic N) is 3. The Kier molecular flexibility index (Phi) is 5.78. The van der Waals surface area contributed by atoms with Crippen molar-refractivity contribution in [2.45, 2.75) is 45.2 Å². The Morgan fingerprint density at radius 1 is 1.30 bits per heavy atom. The average molecular weight is 370 g/mol. The summed E-state index contributed by atoms with van der Waals surface area (Å²) in [6.45, 7) is 4.91. The molecule has 1 aromatic heterocycles. The third-order valence-electron chi connectivity index (χ3n) is 4.69. The molecule has 0 aliphatic carbocycles. The standard InChI is InChI=1S/C20H26N4O3/c1-13(2)20-23-22-18-9-7-15(12-24(18)20)21-19(25)10-6-14-5-8-16(26-3)11-17(14)27-4/h5-6,8,10-11,13,15H,7,9,12H2,1-4H3,(H,21,25)/b10-6+/t15-/m0/s1. The number of amides is 1. The van der Waals surface area contributed by atoms with E-state index in [0.29, 0.717) is 24.0 Å². The van der Waals surface area contributed by atoms with Crippen LogP contribution in [-0.4, -0.2) is 40.9 Å². The fraction of sp³-hybridized carbons (Fsp3) is 0.450. The van der Waals surface area contributed by atoms with Crippen LogP contribution in [0, 0.1) is 0 Å². The van der Waals surface area contributed by atoms with Gasteiger partial charge in [-0.05, 0) is 24.6 Å². The Labute approximate surface area is 159 Å². The molecule has 0 spiro atoms. The molecule has 27 heavy (non-hydrogen) atoms. The summed E-state index contributed by atoms with van der Waals surface area (Å²) in [5, 5.41) is 11.6. The number of hydrogen-bond donors (Lipinski definition) is 1. The maximum absolute atomic E-state index is 12.4. The van der Waals surface area contributed by atoms with Gasteiger partial charge in [-0.3, -0.25) is 4.79 Å². The van der Waals surface area contributed by atoms with Crippen LogP contribution in [0.5, 0.6) is 11.5 Å². The molecule has 2 heterocycles. The molecule has 0 bridgehead atoms. The highest BCUT2D eigenvalue weighted by Gasteiger charge is 2.24. The molecule has 2 aromatic rings. The van der Waals surface area contributed by atoms with Crippen molar-refractivity contribution in [1.29, 1.82) is 0 Å². The Morgan fingerprint density at radius 3 is 2.81 bits per heavy atom. The molecule has 0 saturated carbocycles. The first-order valence-corrected chi connectivity index (χ1v) is 9.14. The number of hydrogen-bond acceptors (Lipinski definition) is 5. The molecule has 1 aliphatic heterocycles. The van der Waals surface area contributed by atoms with Gasteiger partial charge in [-0.25, -0.2) is 0 Å². The third-order valence-corrected chi connectivity index (χ3v) is 4.69.